The maximum Gasteiger partial charge on any atom is 0.408 e. The third-order valence-electron chi connectivity index (χ3n) is 7.10. The Bertz CT molecular complexity index is 1230. The van der Waals surface area contributed by atoms with Crippen molar-refractivity contribution >= 4 is 29.5 Å². The van der Waals surface area contributed by atoms with Gasteiger partial charge in [-0.2, -0.15) is 0 Å². The Hall–Kier alpha value is -3.88. The molecule has 0 aliphatic rings. The lowest BCUT2D eigenvalue weighted by Crippen LogP contribution is -2.53. The molecule has 0 heterocycles. The standard InChI is InChI=1S/C34H50N4O5/c1-8-9-10-11-12-21-38(32(41)27(19-20-28(35)39)36-33(42)43-34(5,6)7)30(26-18-13-15-23(2)22-26)31(40)37-29-24(3)16-14-17-25(29)4/h13-18,22,27,30H,8-12,19-21H2,1-7H3,(H2,35,39)(H,36,42)(H,37,40). The molecular weight excluding hydrogens is 544 g/mol. The van der Waals surface area contributed by atoms with Gasteiger partial charge in [-0.1, -0.05) is 80.6 Å². The number of benzene rings is 2. The fraction of sp³-hybridized carbons (Fsp3) is 0.529. The number of nitrogens with one attached hydrogen (secondary N) is 2. The second-order valence-corrected chi connectivity index (χ2v) is 12.2. The van der Waals surface area contributed by atoms with Gasteiger partial charge < -0.3 is 26.0 Å². The summed E-state index contributed by atoms with van der Waals surface area (Å²) < 4.78 is 5.43. The number of hydrogen-bond donors (Lipinski definition) is 3. The molecule has 4 N–H and O–H groups in total. The maximum absolute atomic E-state index is 14.4. The van der Waals surface area contributed by atoms with Crippen molar-refractivity contribution in [1.29, 1.82) is 0 Å². The highest BCUT2D eigenvalue weighted by Gasteiger charge is 2.36. The molecule has 0 saturated heterocycles. The van der Waals surface area contributed by atoms with Crippen molar-refractivity contribution in [3.8, 4) is 0 Å². The van der Waals surface area contributed by atoms with Crippen LogP contribution in [-0.2, 0) is 19.1 Å². The second kappa shape index (κ2) is 16.7. The minimum absolute atomic E-state index is 0.0290. The largest absolute Gasteiger partial charge is 0.444 e. The molecule has 2 rings (SSSR count). The molecule has 4 amide bonds. The lowest BCUT2D eigenvalue weighted by molar-refractivity contribution is -0.141. The predicted octanol–water partition coefficient (Wildman–Crippen LogP) is 6.25. The summed E-state index contributed by atoms with van der Waals surface area (Å²) in [6, 6.07) is 11.2. The van der Waals surface area contributed by atoms with Crippen LogP contribution in [0, 0.1) is 20.8 Å². The Morgan fingerprint density at radius 2 is 1.56 bits per heavy atom. The number of alkyl carbamates (subject to hydrolysis) is 1. The van der Waals surface area contributed by atoms with Gasteiger partial charge in [-0.15, -0.1) is 0 Å². The lowest BCUT2D eigenvalue weighted by Gasteiger charge is -2.35. The van der Waals surface area contributed by atoms with Crippen molar-refractivity contribution < 1.29 is 23.9 Å². The van der Waals surface area contributed by atoms with E-state index < -0.39 is 35.6 Å². The third-order valence-corrected chi connectivity index (χ3v) is 7.10. The molecule has 2 aromatic carbocycles. The molecule has 0 fully saturated rings. The lowest BCUT2D eigenvalue weighted by atomic mass is 9.98. The van der Waals surface area contributed by atoms with Gasteiger partial charge in [0, 0.05) is 18.7 Å². The summed E-state index contributed by atoms with van der Waals surface area (Å²) in [6.07, 6.45) is 3.75. The first-order valence-electron chi connectivity index (χ1n) is 15.3. The Kier molecular flexibility index (Phi) is 13.7. The van der Waals surface area contributed by atoms with E-state index in [9.17, 15) is 19.2 Å². The summed E-state index contributed by atoms with van der Waals surface area (Å²) in [6.45, 7) is 13.4. The summed E-state index contributed by atoms with van der Waals surface area (Å²) in [4.78, 5) is 54.7. The number of rotatable bonds is 15. The molecule has 43 heavy (non-hydrogen) atoms. The molecule has 9 nitrogen and oxygen atoms in total. The number of unbranched alkanes of at least 4 members (excludes halogenated alkanes) is 4. The zero-order valence-electron chi connectivity index (χ0n) is 26.9. The summed E-state index contributed by atoms with van der Waals surface area (Å²) in [7, 11) is 0. The third kappa shape index (κ3) is 11.7. The van der Waals surface area contributed by atoms with E-state index >= 15 is 0 Å². The quantitative estimate of drug-likeness (QED) is 0.210. The van der Waals surface area contributed by atoms with Gasteiger partial charge in [0.15, 0.2) is 0 Å². The fourth-order valence-corrected chi connectivity index (χ4v) is 4.96. The van der Waals surface area contributed by atoms with Gasteiger partial charge in [-0.3, -0.25) is 14.4 Å². The number of ether oxygens (including phenoxy) is 1. The van der Waals surface area contributed by atoms with Crippen LogP contribution < -0.4 is 16.4 Å². The van der Waals surface area contributed by atoms with Gasteiger partial charge in [0.05, 0.1) is 0 Å². The Morgan fingerprint density at radius 1 is 0.930 bits per heavy atom. The number of aryl methyl sites for hydroxylation is 3. The highest BCUT2D eigenvalue weighted by Crippen LogP contribution is 2.28. The fourth-order valence-electron chi connectivity index (χ4n) is 4.96. The maximum atomic E-state index is 14.4. The molecular formula is C34H50N4O5. The van der Waals surface area contributed by atoms with E-state index in [4.69, 9.17) is 10.5 Å². The molecule has 0 bridgehead atoms. The SMILES string of the molecule is CCCCCCCN(C(=O)C(CCC(N)=O)NC(=O)OC(C)(C)C)C(C(=O)Nc1c(C)cccc1C)c1cccc(C)c1. The first-order valence-corrected chi connectivity index (χ1v) is 15.3. The summed E-state index contributed by atoms with van der Waals surface area (Å²) in [5.74, 6) is -1.44. The number of nitrogens with two attached hydrogens (primary N) is 1. The van der Waals surface area contributed by atoms with Crippen LogP contribution in [0.4, 0.5) is 10.5 Å². The van der Waals surface area contributed by atoms with E-state index in [1.165, 1.54) is 4.90 Å². The van der Waals surface area contributed by atoms with Crippen molar-refractivity contribution in [1.82, 2.24) is 10.2 Å². The van der Waals surface area contributed by atoms with E-state index in [2.05, 4.69) is 17.6 Å². The average molecular weight is 595 g/mol. The van der Waals surface area contributed by atoms with Crippen LogP contribution in [0.1, 0.15) is 101 Å². The summed E-state index contributed by atoms with van der Waals surface area (Å²) >= 11 is 0. The van der Waals surface area contributed by atoms with Gasteiger partial charge in [-0.05, 0) is 71.1 Å². The topological polar surface area (TPSA) is 131 Å². The minimum atomic E-state index is -1.13. The zero-order valence-corrected chi connectivity index (χ0v) is 26.9. The first-order chi connectivity index (χ1) is 20.2. The molecule has 0 spiro atoms. The van der Waals surface area contributed by atoms with Crippen LogP contribution in [0.3, 0.4) is 0 Å². The van der Waals surface area contributed by atoms with Crippen LogP contribution in [0.25, 0.3) is 0 Å². The number of amides is 4. The Morgan fingerprint density at radius 3 is 2.14 bits per heavy atom. The zero-order chi connectivity index (χ0) is 32.2. The number of primary amides is 1. The number of carbonyl (C=O) groups is 4. The van der Waals surface area contributed by atoms with Gasteiger partial charge in [-0.25, -0.2) is 4.79 Å². The highest BCUT2D eigenvalue weighted by atomic mass is 16.6. The normalized spacial score (nSPS) is 12.6. The number of para-hydroxylation sites is 1. The van der Waals surface area contributed by atoms with Gasteiger partial charge in [0.2, 0.25) is 11.8 Å². The average Bonchev–Trinajstić information content (AvgIpc) is 2.90. The molecule has 0 aliphatic carbocycles. The second-order valence-electron chi connectivity index (χ2n) is 12.2. The van der Waals surface area contributed by atoms with Crippen LogP contribution in [-0.4, -0.2) is 46.9 Å². The number of nitrogens with zero attached hydrogens (tertiary/aromatic N) is 1. The molecule has 236 valence electrons. The van der Waals surface area contributed by atoms with Gasteiger partial charge >= 0.3 is 6.09 Å². The first kappa shape index (κ1) is 35.3. The molecule has 0 saturated carbocycles. The van der Waals surface area contributed by atoms with Crippen molar-refractivity contribution in [2.24, 2.45) is 5.73 Å². The molecule has 0 aliphatic heterocycles. The van der Waals surface area contributed by atoms with Gasteiger partial charge in [0.25, 0.3) is 5.91 Å². The minimum Gasteiger partial charge on any atom is -0.444 e. The summed E-state index contributed by atoms with van der Waals surface area (Å²) in [5, 5.41) is 5.74. The molecule has 0 radical (unpaired) electrons. The van der Waals surface area contributed by atoms with Crippen LogP contribution in [0.15, 0.2) is 42.5 Å². The summed E-state index contributed by atoms with van der Waals surface area (Å²) in [5.41, 5.74) is 8.73. The molecule has 0 aromatic heterocycles. The van der Waals surface area contributed by atoms with Crippen LogP contribution >= 0.6 is 0 Å². The molecule has 2 unspecified atom stereocenters. The predicted molar refractivity (Wildman–Crippen MR) is 171 cm³/mol. The smallest absolute Gasteiger partial charge is 0.408 e. The molecule has 2 aromatic rings. The molecule has 9 heteroatoms. The highest BCUT2D eigenvalue weighted by molar-refractivity contribution is 6.00. The van der Waals surface area contributed by atoms with Gasteiger partial charge in [0.1, 0.15) is 17.7 Å². The van der Waals surface area contributed by atoms with Crippen LogP contribution in [0.2, 0.25) is 0 Å². The van der Waals surface area contributed by atoms with Crippen molar-refractivity contribution in [3.05, 3.63) is 64.7 Å². The molecule has 2 atom stereocenters. The van der Waals surface area contributed by atoms with Crippen LogP contribution in [0.5, 0.6) is 0 Å². The Balaban J connectivity index is 2.58. The van der Waals surface area contributed by atoms with Crippen molar-refractivity contribution in [3.63, 3.8) is 0 Å². The van der Waals surface area contributed by atoms with E-state index in [1.54, 1.807) is 20.8 Å². The van der Waals surface area contributed by atoms with Crippen molar-refractivity contribution in [2.75, 3.05) is 11.9 Å². The van der Waals surface area contributed by atoms with E-state index in [-0.39, 0.29) is 25.3 Å². The van der Waals surface area contributed by atoms with Crippen molar-refractivity contribution in [2.45, 2.75) is 111 Å². The monoisotopic (exact) mass is 594 g/mol. The van der Waals surface area contributed by atoms with E-state index in [1.807, 2.05) is 63.2 Å². The number of hydrogen-bond acceptors (Lipinski definition) is 5. The number of carbonyl (C=O) groups excluding carboxylic acids is 4. The van der Waals surface area contributed by atoms with E-state index in [0.29, 0.717) is 17.7 Å². The number of anilines is 1. The van der Waals surface area contributed by atoms with E-state index in [0.717, 1.165) is 42.4 Å². The Labute approximate surface area is 256 Å².